The Morgan fingerprint density at radius 1 is 1.27 bits per heavy atom. The van der Waals surface area contributed by atoms with Gasteiger partial charge in [-0.1, -0.05) is 30.3 Å². The standard InChI is InChI=1S/C20H24N2O4/c1-20(2,3)26-19(24)21-15-11-16-18(17(23)12-15)25-10-9-22(16)13-14-7-5-4-6-8-14/h4-8,11-12,23H,9-10,13H2,1-3H3,(H,21,24). The number of phenols is 1. The molecule has 0 radical (unpaired) electrons. The highest BCUT2D eigenvalue weighted by atomic mass is 16.6. The first-order valence-corrected chi connectivity index (χ1v) is 8.60. The van der Waals surface area contributed by atoms with E-state index < -0.39 is 11.7 Å². The Hall–Kier alpha value is -2.89. The molecular weight excluding hydrogens is 332 g/mol. The fraction of sp³-hybridized carbons (Fsp3) is 0.350. The number of carbonyl (C=O) groups excluding carboxylic acids is 1. The third-order valence-electron chi connectivity index (χ3n) is 3.86. The van der Waals surface area contributed by atoms with Gasteiger partial charge in [-0.05, 0) is 32.4 Å². The summed E-state index contributed by atoms with van der Waals surface area (Å²) in [6.45, 7) is 7.26. The number of hydrogen-bond donors (Lipinski definition) is 2. The minimum Gasteiger partial charge on any atom is -0.504 e. The summed E-state index contributed by atoms with van der Waals surface area (Å²) in [4.78, 5) is 14.1. The van der Waals surface area contributed by atoms with Crippen LogP contribution in [0.25, 0.3) is 0 Å². The van der Waals surface area contributed by atoms with E-state index in [1.165, 1.54) is 6.07 Å². The van der Waals surface area contributed by atoms with Gasteiger partial charge >= 0.3 is 6.09 Å². The monoisotopic (exact) mass is 356 g/mol. The predicted octanol–water partition coefficient (Wildman–Crippen LogP) is 4.14. The fourth-order valence-electron chi connectivity index (χ4n) is 2.82. The van der Waals surface area contributed by atoms with Crippen LogP contribution in [0.15, 0.2) is 42.5 Å². The summed E-state index contributed by atoms with van der Waals surface area (Å²) in [5.41, 5.74) is 1.76. The molecule has 1 heterocycles. The summed E-state index contributed by atoms with van der Waals surface area (Å²) < 4.78 is 10.9. The molecule has 0 saturated carbocycles. The van der Waals surface area contributed by atoms with Crippen LogP contribution >= 0.6 is 0 Å². The molecule has 1 amide bonds. The normalized spacial score (nSPS) is 13.6. The highest BCUT2D eigenvalue weighted by molar-refractivity contribution is 5.87. The van der Waals surface area contributed by atoms with Crippen molar-refractivity contribution in [3.63, 3.8) is 0 Å². The van der Waals surface area contributed by atoms with Gasteiger partial charge in [0.15, 0.2) is 11.5 Å². The van der Waals surface area contributed by atoms with E-state index in [1.807, 2.05) is 18.2 Å². The van der Waals surface area contributed by atoms with E-state index in [2.05, 4.69) is 22.3 Å². The van der Waals surface area contributed by atoms with E-state index in [0.717, 1.165) is 11.3 Å². The molecule has 1 aliphatic rings. The van der Waals surface area contributed by atoms with Crippen LogP contribution in [0, 0.1) is 0 Å². The number of aromatic hydroxyl groups is 1. The summed E-state index contributed by atoms with van der Waals surface area (Å²) in [5, 5.41) is 13.0. The smallest absolute Gasteiger partial charge is 0.412 e. The van der Waals surface area contributed by atoms with Crippen LogP contribution in [0.5, 0.6) is 11.5 Å². The molecule has 2 N–H and O–H groups in total. The van der Waals surface area contributed by atoms with E-state index in [0.29, 0.717) is 31.1 Å². The lowest BCUT2D eigenvalue weighted by molar-refractivity contribution is 0.0636. The molecule has 0 aromatic heterocycles. The largest absolute Gasteiger partial charge is 0.504 e. The van der Waals surface area contributed by atoms with Crippen LogP contribution in [0.4, 0.5) is 16.2 Å². The zero-order valence-corrected chi connectivity index (χ0v) is 15.3. The molecule has 0 atom stereocenters. The number of phenolic OH excluding ortho intramolecular Hbond substituents is 1. The van der Waals surface area contributed by atoms with Gasteiger partial charge in [0, 0.05) is 12.6 Å². The van der Waals surface area contributed by atoms with Gasteiger partial charge in [0.05, 0.1) is 17.9 Å². The van der Waals surface area contributed by atoms with Gasteiger partial charge in [-0.2, -0.15) is 0 Å². The van der Waals surface area contributed by atoms with Crippen molar-refractivity contribution in [3.8, 4) is 11.5 Å². The lowest BCUT2D eigenvalue weighted by atomic mass is 10.1. The highest BCUT2D eigenvalue weighted by Gasteiger charge is 2.24. The van der Waals surface area contributed by atoms with Gasteiger partial charge in [-0.25, -0.2) is 4.79 Å². The van der Waals surface area contributed by atoms with Crippen LogP contribution in [0.3, 0.4) is 0 Å². The summed E-state index contributed by atoms with van der Waals surface area (Å²) in [6, 6.07) is 13.3. The van der Waals surface area contributed by atoms with Gasteiger partial charge in [0.1, 0.15) is 12.2 Å². The molecule has 3 rings (SSSR count). The van der Waals surface area contributed by atoms with Crippen molar-refractivity contribution in [2.45, 2.75) is 32.9 Å². The maximum Gasteiger partial charge on any atom is 0.412 e. The molecule has 1 aliphatic heterocycles. The third kappa shape index (κ3) is 4.39. The van der Waals surface area contributed by atoms with Crippen LogP contribution in [-0.4, -0.2) is 30.0 Å². The number of amides is 1. The molecule has 2 aromatic carbocycles. The van der Waals surface area contributed by atoms with E-state index in [-0.39, 0.29) is 5.75 Å². The van der Waals surface area contributed by atoms with Crippen molar-refractivity contribution in [1.82, 2.24) is 0 Å². The topological polar surface area (TPSA) is 71.0 Å². The van der Waals surface area contributed by atoms with Crippen molar-refractivity contribution in [3.05, 3.63) is 48.0 Å². The van der Waals surface area contributed by atoms with Crippen LogP contribution in [0.1, 0.15) is 26.3 Å². The second-order valence-corrected chi connectivity index (χ2v) is 7.23. The number of anilines is 2. The second-order valence-electron chi connectivity index (χ2n) is 7.23. The first kappa shape index (κ1) is 17.9. The molecule has 0 saturated heterocycles. The lowest BCUT2D eigenvalue weighted by Gasteiger charge is -2.32. The quantitative estimate of drug-likeness (QED) is 0.865. The molecule has 6 nitrogen and oxygen atoms in total. The number of carbonyl (C=O) groups is 1. The van der Waals surface area contributed by atoms with Gasteiger partial charge < -0.3 is 19.5 Å². The number of nitrogens with zero attached hydrogens (tertiary/aromatic N) is 1. The molecule has 2 aromatic rings. The summed E-state index contributed by atoms with van der Waals surface area (Å²) in [5.74, 6) is 0.424. The number of rotatable bonds is 3. The molecule has 0 bridgehead atoms. The molecule has 26 heavy (non-hydrogen) atoms. The molecular formula is C20H24N2O4. The Morgan fingerprint density at radius 3 is 2.69 bits per heavy atom. The maximum atomic E-state index is 12.0. The second kappa shape index (κ2) is 7.15. The lowest BCUT2D eigenvalue weighted by Crippen LogP contribution is -2.32. The Kier molecular flexibility index (Phi) is 4.93. The molecule has 138 valence electrons. The van der Waals surface area contributed by atoms with Crippen LogP contribution in [0.2, 0.25) is 0 Å². The van der Waals surface area contributed by atoms with Gasteiger partial charge in [-0.3, -0.25) is 5.32 Å². The van der Waals surface area contributed by atoms with E-state index in [4.69, 9.17) is 9.47 Å². The van der Waals surface area contributed by atoms with E-state index >= 15 is 0 Å². The molecule has 0 aliphatic carbocycles. The number of benzene rings is 2. The Bertz CT molecular complexity index is 784. The molecule has 0 spiro atoms. The van der Waals surface area contributed by atoms with Crippen LogP contribution < -0.4 is 15.0 Å². The number of hydrogen-bond acceptors (Lipinski definition) is 5. The SMILES string of the molecule is CC(C)(C)OC(=O)Nc1cc(O)c2c(c1)N(Cc1ccccc1)CCO2. The van der Waals surface area contributed by atoms with Crippen molar-refractivity contribution in [1.29, 1.82) is 0 Å². The van der Waals surface area contributed by atoms with Gasteiger partial charge in [0.2, 0.25) is 0 Å². The van der Waals surface area contributed by atoms with Crippen molar-refractivity contribution >= 4 is 17.5 Å². The van der Waals surface area contributed by atoms with Crippen molar-refractivity contribution in [2.24, 2.45) is 0 Å². The zero-order chi connectivity index (χ0) is 18.7. The maximum absolute atomic E-state index is 12.0. The third-order valence-corrected chi connectivity index (χ3v) is 3.86. The Morgan fingerprint density at radius 2 is 2.00 bits per heavy atom. The molecule has 0 fully saturated rings. The Labute approximate surface area is 153 Å². The van der Waals surface area contributed by atoms with E-state index in [9.17, 15) is 9.90 Å². The zero-order valence-electron chi connectivity index (χ0n) is 15.3. The summed E-state index contributed by atoms with van der Waals surface area (Å²) in [6.07, 6.45) is -0.566. The van der Waals surface area contributed by atoms with Crippen LogP contribution in [-0.2, 0) is 11.3 Å². The minimum absolute atomic E-state index is 0.00804. The summed E-state index contributed by atoms with van der Waals surface area (Å²) in [7, 11) is 0. The first-order chi connectivity index (χ1) is 12.3. The average molecular weight is 356 g/mol. The predicted molar refractivity (Wildman–Crippen MR) is 101 cm³/mol. The Balaban J connectivity index is 1.84. The summed E-state index contributed by atoms with van der Waals surface area (Å²) >= 11 is 0. The average Bonchev–Trinajstić information content (AvgIpc) is 2.55. The van der Waals surface area contributed by atoms with Crippen molar-refractivity contribution < 1.29 is 19.4 Å². The first-order valence-electron chi connectivity index (χ1n) is 8.60. The van der Waals surface area contributed by atoms with Gasteiger partial charge in [-0.15, -0.1) is 0 Å². The molecule has 0 unspecified atom stereocenters. The molecule has 6 heteroatoms. The van der Waals surface area contributed by atoms with Gasteiger partial charge in [0.25, 0.3) is 0 Å². The number of ether oxygens (including phenoxy) is 2. The van der Waals surface area contributed by atoms with Crippen molar-refractivity contribution in [2.75, 3.05) is 23.4 Å². The number of nitrogens with one attached hydrogen (secondary N) is 1. The fourth-order valence-corrected chi connectivity index (χ4v) is 2.82. The number of fused-ring (bicyclic) bond motifs is 1. The van der Waals surface area contributed by atoms with E-state index in [1.54, 1.807) is 26.8 Å². The minimum atomic E-state index is -0.594. The highest BCUT2D eigenvalue weighted by Crippen LogP contribution is 2.42.